The van der Waals surface area contributed by atoms with Crippen molar-refractivity contribution in [3.05, 3.63) is 0 Å². The van der Waals surface area contributed by atoms with Crippen molar-refractivity contribution in [2.75, 3.05) is 19.6 Å². The normalized spacial score (nSPS) is 27.9. The first-order chi connectivity index (χ1) is 7.33. The van der Waals surface area contributed by atoms with Crippen molar-refractivity contribution in [1.82, 2.24) is 10.2 Å². The van der Waals surface area contributed by atoms with E-state index in [1.807, 2.05) is 0 Å². The van der Waals surface area contributed by atoms with Crippen LogP contribution in [0, 0.1) is 11.8 Å². The molecule has 92 valence electrons. The third kappa shape index (κ3) is 2.89. The Morgan fingerprint density at radius 2 is 1.56 bits per heavy atom. The molecule has 0 bridgehead atoms. The van der Waals surface area contributed by atoms with Gasteiger partial charge in [-0.05, 0) is 50.5 Å². The van der Waals surface area contributed by atoms with Gasteiger partial charge < -0.3 is 10.2 Å². The molecule has 1 N–H and O–H groups in total. The molecule has 3 nitrogen and oxygen atoms in total. The van der Waals surface area contributed by atoms with Gasteiger partial charge in [0.25, 0.3) is 0 Å². The number of nitrogens with one attached hydrogen (secondary N) is 1. The monoisotopic (exact) mass is 244 g/mol. The fourth-order valence-electron chi connectivity index (χ4n) is 2.20. The minimum Gasteiger partial charge on any atom is -0.341 e. The second-order valence-corrected chi connectivity index (χ2v) is 5.43. The summed E-state index contributed by atoms with van der Waals surface area (Å²) in [6, 6.07) is 0.155. The summed E-state index contributed by atoms with van der Waals surface area (Å²) in [7, 11) is 0. The van der Waals surface area contributed by atoms with Crippen LogP contribution in [0.1, 0.15) is 32.1 Å². The molecule has 0 aromatic rings. The van der Waals surface area contributed by atoms with Crippen molar-refractivity contribution in [3.8, 4) is 0 Å². The highest BCUT2D eigenvalue weighted by Crippen LogP contribution is 2.34. The lowest BCUT2D eigenvalue weighted by molar-refractivity contribution is -0.135. The lowest BCUT2D eigenvalue weighted by Crippen LogP contribution is -2.55. The van der Waals surface area contributed by atoms with Gasteiger partial charge in [0.2, 0.25) is 5.91 Å². The Labute approximate surface area is 103 Å². The van der Waals surface area contributed by atoms with Crippen LogP contribution in [0.3, 0.4) is 0 Å². The zero-order valence-corrected chi connectivity index (χ0v) is 10.5. The molecule has 4 heteroatoms. The Balaban J connectivity index is 0.000000963. The first kappa shape index (κ1) is 12.2. The summed E-state index contributed by atoms with van der Waals surface area (Å²) in [4.78, 5) is 14.3. The van der Waals surface area contributed by atoms with Crippen molar-refractivity contribution in [2.45, 2.75) is 38.1 Å². The molecule has 2 aliphatic carbocycles. The molecule has 1 amide bonds. The molecule has 1 aliphatic heterocycles. The van der Waals surface area contributed by atoms with Gasteiger partial charge in [0.1, 0.15) is 0 Å². The third-order valence-electron chi connectivity index (χ3n) is 3.78. The van der Waals surface area contributed by atoms with E-state index in [9.17, 15) is 4.79 Å². The maximum absolute atomic E-state index is 12.1. The maximum Gasteiger partial charge on any atom is 0.239 e. The fourth-order valence-corrected chi connectivity index (χ4v) is 2.20. The number of hydrogen-bond acceptors (Lipinski definition) is 2. The Kier molecular flexibility index (Phi) is 3.75. The highest BCUT2D eigenvalue weighted by Gasteiger charge is 2.35. The lowest BCUT2D eigenvalue weighted by Gasteiger charge is -2.33. The Morgan fingerprint density at radius 3 is 1.88 bits per heavy atom. The summed E-state index contributed by atoms with van der Waals surface area (Å²) in [5.41, 5.74) is 0. The number of carbonyl (C=O) groups is 1. The number of hydrogen-bond donors (Lipinski definition) is 1. The number of amides is 1. The molecule has 3 rings (SSSR count). The van der Waals surface area contributed by atoms with Crippen LogP contribution in [0.2, 0.25) is 0 Å². The molecule has 1 atom stereocenters. The fraction of sp³-hybridized carbons (Fsp3) is 0.917. The highest BCUT2D eigenvalue weighted by molar-refractivity contribution is 5.85. The number of rotatable bonds is 5. The quantitative estimate of drug-likeness (QED) is 0.794. The number of carbonyl (C=O) groups excluding carboxylic acids is 1. The molecule has 0 radical (unpaired) electrons. The molecule has 0 unspecified atom stereocenters. The van der Waals surface area contributed by atoms with E-state index in [2.05, 4.69) is 10.2 Å². The van der Waals surface area contributed by atoms with Crippen LogP contribution < -0.4 is 5.32 Å². The first-order valence-electron chi connectivity index (χ1n) is 6.35. The summed E-state index contributed by atoms with van der Waals surface area (Å²) >= 11 is 0. The summed E-state index contributed by atoms with van der Waals surface area (Å²) in [6.45, 7) is 3.10. The van der Waals surface area contributed by atoms with E-state index >= 15 is 0 Å². The van der Waals surface area contributed by atoms with E-state index in [-0.39, 0.29) is 18.4 Å². The largest absolute Gasteiger partial charge is 0.341 e. The summed E-state index contributed by atoms with van der Waals surface area (Å²) in [5, 5.41) is 3.22. The zero-order valence-electron chi connectivity index (χ0n) is 9.65. The molecule has 0 spiro atoms. The van der Waals surface area contributed by atoms with Crippen molar-refractivity contribution in [2.24, 2.45) is 11.8 Å². The van der Waals surface area contributed by atoms with E-state index < -0.39 is 0 Å². The summed E-state index contributed by atoms with van der Waals surface area (Å²) < 4.78 is 0. The van der Waals surface area contributed by atoms with Crippen LogP contribution in [0.4, 0.5) is 0 Å². The van der Waals surface area contributed by atoms with Crippen molar-refractivity contribution in [3.63, 3.8) is 0 Å². The van der Waals surface area contributed by atoms with Gasteiger partial charge in [-0.25, -0.2) is 0 Å². The number of nitrogens with zero attached hydrogens (tertiary/aromatic N) is 1. The lowest BCUT2D eigenvalue weighted by atomic mass is 10.1. The molecular weight excluding hydrogens is 224 g/mol. The molecule has 2 saturated carbocycles. The van der Waals surface area contributed by atoms with Gasteiger partial charge in [0, 0.05) is 13.1 Å². The van der Waals surface area contributed by atoms with Crippen molar-refractivity contribution in [1.29, 1.82) is 0 Å². The van der Waals surface area contributed by atoms with Gasteiger partial charge in [-0.1, -0.05) is 0 Å². The number of halogens is 1. The van der Waals surface area contributed by atoms with Gasteiger partial charge in [0.15, 0.2) is 0 Å². The maximum atomic E-state index is 12.1. The van der Waals surface area contributed by atoms with Crippen LogP contribution in [-0.2, 0) is 4.79 Å². The first-order valence-corrected chi connectivity index (χ1v) is 6.35. The van der Waals surface area contributed by atoms with E-state index in [1.54, 1.807) is 0 Å². The highest BCUT2D eigenvalue weighted by atomic mass is 35.5. The standard InChI is InChI=1S/C12H20N2O.ClH/c15-12(11-5-6-13-11)14(7-9-1-2-9)8-10-3-4-10;/h9-11,13H,1-8H2;1H/t11-;/m1./s1. The predicted octanol–water partition coefficient (Wildman–Crippen LogP) is 1.42. The molecular formula is C12H21ClN2O. The minimum absolute atomic E-state index is 0. The van der Waals surface area contributed by atoms with Gasteiger partial charge >= 0.3 is 0 Å². The molecule has 0 aromatic carbocycles. The zero-order chi connectivity index (χ0) is 10.3. The molecule has 3 aliphatic rings. The Hall–Kier alpha value is -0.280. The van der Waals surface area contributed by atoms with Gasteiger partial charge in [0.05, 0.1) is 6.04 Å². The van der Waals surface area contributed by atoms with Gasteiger partial charge in [-0.15, -0.1) is 12.4 Å². The molecule has 1 heterocycles. The van der Waals surface area contributed by atoms with Crippen LogP contribution in [0.15, 0.2) is 0 Å². The topological polar surface area (TPSA) is 32.3 Å². The van der Waals surface area contributed by atoms with Crippen LogP contribution in [0.5, 0.6) is 0 Å². The Morgan fingerprint density at radius 1 is 1.06 bits per heavy atom. The second kappa shape index (κ2) is 4.92. The second-order valence-electron chi connectivity index (χ2n) is 5.43. The average molecular weight is 245 g/mol. The molecule has 0 aromatic heterocycles. The molecule has 3 fully saturated rings. The average Bonchev–Trinajstić information content (AvgIpc) is 2.92. The molecule has 16 heavy (non-hydrogen) atoms. The van der Waals surface area contributed by atoms with E-state index in [1.165, 1.54) is 25.7 Å². The van der Waals surface area contributed by atoms with E-state index in [4.69, 9.17) is 0 Å². The van der Waals surface area contributed by atoms with E-state index in [0.717, 1.165) is 37.9 Å². The van der Waals surface area contributed by atoms with Crippen LogP contribution >= 0.6 is 12.4 Å². The SMILES string of the molecule is Cl.O=C([C@H]1CCN1)N(CC1CC1)CC1CC1. The van der Waals surface area contributed by atoms with Crippen molar-refractivity contribution < 1.29 is 4.79 Å². The van der Waals surface area contributed by atoms with Crippen molar-refractivity contribution >= 4 is 18.3 Å². The van der Waals surface area contributed by atoms with E-state index in [0.29, 0.717) is 5.91 Å². The van der Waals surface area contributed by atoms with Gasteiger partial charge in [-0.3, -0.25) is 4.79 Å². The summed E-state index contributed by atoms with van der Waals surface area (Å²) in [6.07, 6.45) is 6.41. The minimum atomic E-state index is 0. The van der Waals surface area contributed by atoms with Crippen LogP contribution in [0.25, 0.3) is 0 Å². The molecule has 1 saturated heterocycles. The Bertz CT molecular complexity index is 246. The van der Waals surface area contributed by atoms with Gasteiger partial charge in [-0.2, -0.15) is 0 Å². The smallest absolute Gasteiger partial charge is 0.239 e. The summed E-state index contributed by atoms with van der Waals surface area (Å²) in [5.74, 6) is 2.03. The van der Waals surface area contributed by atoms with Crippen LogP contribution in [-0.4, -0.2) is 36.5 Å². The third-order valence-corrected chi connectivity index (χ3v) is 3.78. The predicted molar refractivity (Wildman–Crippen MR) is 65.7 cm³/mol.